The van der Waals surface area contributed by atoms with Crippen molar-refractivity contribution in [1.82, 2.24) is 4.57 Å². The molecule has 81 heavy (non-hydrogen) atoms. The van der Waals surface area contributed by atoms with Gasteiger partial charge in [-0.05, 0) is 151 Å². The van der Waals surface area contributed by atoms with Crippen LogP contribution in [0.2, 0.25) is 0 Å². The van der Waals surface area contributed by atoms with Crippen LogP contribution in [0.15, 0.2) is 158 Å². The van der Waals surface area contributed by atoms with Crippen LogP contribution >= 0.6 is 22.7 Å². The number of thiophene rings is 2. The molecule has 0 unspecified atom stereocenters. The number of nitrogens with zero attached hydrogens (tertiary/aromatic N) is 1. The molecule has 0 radical (unpaired) electrons. The fourth-order valence-corrected chi connectivity index (χ4v) is 16.8. The van der Waals surface area contributed by atoms with Crippen LogP contribution in [-0.2, 0) is 17.4 Å². The molecule has 0 bridgehead atoms. The molecule has 0 fully saturated rings. The van der Waals surface area contributed by atoms with Gasteiger partial charge in [-0.2, -0.15) is 0 Å². The van der Waals surface area contributed by atoms with Gasteiger partial charge in [0.25, 0.3) is 0 Å². The number of aryl methyl sites for hydroxylation is 7. The van der Waals surface area contributed by atoms with Crippen LogP contribution in [0.1, 0.15) is 200 Å². The van der Waals surface area contributed by atoms with Gasteiger partial charge in [0, 0.05) is 47.9 Å². The van der Waals surface area contributed by atoms with E-state index in [9.17, 15) is 0 Å². The minimum atomic E-state index is -0.537. The van der Waals surface area contributed by atoms with Crippen molar-refractivity contribution in [2.24, 2.45) is 0 Å². The third-order valence-electron chi connectivity index (χ3n) is 18.8. The predicted octanol–water partition coefficient (Wildman–Crippen LogP) is 23.2. The maximum atomic E-state index is 2.67. The Balaban J connectivity index is 0.896. The minimum absolute atomic E-state index is 0.478. The summed E-state index contributed by atoms with van der Waals surface area (Å²) in [5.41, 5.74) is 23.0. The zero-order valence-electron chi connectivity index (χ0n) is 49.7. The third-order valence-corrected chi connectivity index (χ3v) is 21.1. The Labute approximate surface area is 493 Å². The Morgan fingerprint density at radius 2 is 0.704 bits per heavy atom. The highest BCUT2D eigenvalue weighted by molar-refractivity contribution is 7.19. The molecule has 0 saturated carbocycles. The second-order valence-electron chi connectivity index (χ2n) is 24.8. The van der Waals surface area contributed by atoms with Gasteiger partial charge in [0.15, 0.2) is 0 Å². The van der Waals surface area contributed by atoms with Crippen molar-refractivity contribution in [2.45, 2.75) is 181 Å². The van der Waals surface area contributed by atoms with Crippen LogP contribution in [-0.4, -0.2) is 4.57 Å². The van der Waals surface area contributed by atoms with Crippen LogP contribution in [0.5, 0.6) is 0 Å². The van der Waals surface area contributed by atoms with Gasteiger partial charge in [0.05, 0.1) is 10.8 Å². The molecule has 10 aromatic rings. The van der Waals surface area contributed by atoms with Crippen LogP contribution in [0.25, 0.3) is 53.1 Å². The minimum Gasteiger partial charge on any atom is -0.340 e. The third kappa shape index (κ3) is 10.3. The van der Waals surface area contributed by atoms with Gasteiger partial charge in [0.2, 0.25) is 0 Å². The van der Waals surface area contributed by atoms with Crippen molar-refractivity contribution in [1.29, 1.82) is 0 Å². The molecule has 0 atom stereocenters. The summed E-state index contributed by atoms with van der Waals surface area (Å²) in [6, 6.07) is 62.9. The van der Waals surface area contributed by atoms with E-state index in [0.29, 0.717) is 0 Å². The topological polar surface area (TPSA) is 4.93 Å². The molecular weight excluding hydrogens is 1010 g/mol. The molecule has 3 aromatic heterocycles. The van der Waals surface area contributed by atoms with Crippen LogP contribution in [0.4, 0.5) is 0 Å². The highest BCUT2D eigenvalue weighted by Gasteiger charge is 2.53. The highest BCUT2D eigenvalue weighted by atomic mass is 32.1. The quantitative estimate of drug-likeness (QED) is 0.0532. The van der Waals surface area contributed by atoms with E-state index in [1.165, 1.54) is 246 Å². The van der Waals surface area contributed by atoms with Crippen LogP contribution < -0.4 is 0 Å². The second-order valence-corrected chi connectivity index (χ2v) is 27.1. The average Bonchev–Trinajstić information content (AvgIpc) is 2.39. The molecule has 12 rings (SSSR count). The molecule has 414 valence electrons. The normalized spacial score (nSPS) is 13.8. The summed E-state index contributed by atoms with van der Waals surface area (Å²) in [5.74, 6) is 0. The standard InChI is InChI=1S/C78H85NS2/c1-8-9-10-11-12-13-14-15-16-17-18-19-20-21-22-23-24-25-46-79-72-47-57(6)34-44-64(72)65-45-35-59(49-73(65)79)74-52-71-76(81-74)67-51-68-66(50-69(67)78(71,62-40-30-55(4)31-41-62)63-42-32-56(5)33-43-63)75-70(48-58(7)80-75)77(68,60-36-26-53(2)27-37-60)61-38-28-54(3)29-39-61/h26-45,47-52H,8-25,46H2,1-7H3. The maximum Gasteiger partial charge on any atom is 0.0722 e. The maximum absolute atomic E-state index is 2.67. The van der Waals surface area contributed by atoms with Crippen molar-refractivity contribution in [2.75, 3.05) is 0 Å². The van der Waals surface area contributed by atoms with Crippen molar-refractivity contribution in [3.8, 4) is 31.3 Å². The summed E-state index contributed by atoms with van der Waals surface area (Å²) in [7, 11) is 0. The summed E-state index contributed by atoms with van der Waals surface area (Å²) in [6.45, 7) is 16.8. The molecule has 0 N–H and O–H groups in total. The van der Waals surface area contributed by atoms with Crippen LogP contribution in [0.3, 0.4) is 0 Å². The molecule has 0 spiro atoms. The number of hydrogen-bond acceptors (Lipinski definition) is 2. The van der Waals surface area contributed by atoms with E-state index in [2.05, 4.69) is 211 Å². The lowest BCUT2D eigenvalue weighted by Gasteiger charge is -2.35. The number of fused-ring (bicyclic) bond motifs is 9. The Kier molecular flexibility index (Phi) is 16.3. The van der Waals surface area contributed by atoms with Gasteiger partial charge >= 0.3 is 0 Å². The largest absolute Gasteiger partial charge is 0.340 e. The summed E-state index contributed by atoms with van der Waals surface area (Å²) in [4.78, 5) is 5.46. The first-order chi connectivity index (χ1) is 39.6. The van der Waals surface area contributed by atoms with Gasteiger partial charge in [-0.1, -0.05) is 260 Å². The van der Waals surface area contributed by atoms with Gasteiger partial charge in [-0.3, -0.25) is 0 Å². The first-order valence-electron chi connectivity index (χ1n) is 31.4. The van der Waals surface area contributed by atoms with Crippen LogP contribution in [0, 0.1) is 41.5 Å². The molecule has 2 aliphatic rings. The van der Waals surface area contributed by atoms with E-state index in [4.69, 9.17) is 0 Å². The molecule has 0 amide bonds. The first kappa shape index (κ1) is 55.3. The number of benzene rings is 7. The zero-order chi connectivity index (χ0) is 55.7. The molecule has 0 aliphatic heterocycles. The summed E-state index contributed by atoms with van der Waals surface area (Å²) in [6.07, 6.45) is 25.1. The lowest BCUT2D eigenvalue weighted by molar-refractivity contribution is 0.521. The number of rotatable bonds is 24. The molecule has 3 heterocycles. The lowest BCUT2D eigenvalue weighted by atomic mass is 9.65. The zero-order valence-corrected chi connectivity index (χ0v) is 51.3. The summed E-state index contributed by atoms with van der Waals surface area (Å²) >= 11 is 3.97. The summed E-state index contributed by atoms with van der Waals surface area (Å²) < 4.78 is 2.67. The van der Waals surface area contributed by atoms with E-state index in [-0.39, 0.29) is 0 Å². The Bertz CT molecular complexity index is 3710. The monoisotopic (exact) mass is 1100 g/mol. The summed E-state index contributed by atoms with van der Waals surface area (Å²) in [5, 5.41) is 2.73. The Hall–Kier alpha value is -6.26. The molecule has 3 heteroatoms. The van der Waals surface area contributed by atoms with E-state index < -0.39 is 10.8 Å². The number of hydrogen-bond donors (Lipinski definition) is 0. The second kappa shape index (κ2) is 23.9. The highest BCUT2D eigenvalue weighted by Crippen LogP contribution is 2.65. The van der Waals surface area contributed by atoms with Crippen molar-refractivity contribution in [3.63, 3.8) is 0 Å². The number of aromatic nitrogens is 1. The molecule has 1 nitrogen and oxygen atoms in total. The van der Waals surface area contributed by atoms with Gasteiger partial charge in [-0.25, -0.2) is 0 Å². The molecule has 7 aromatic carbocycles. The van der Waals surface area contributed by atoms with Crippen molar-refractivity contribution >= 4 is 44.5 Å². The smallest absolute Gasteiger partial charge is 0.0722 e. The molecular formula is C78H85NS2. The Morgan fingerprint density at radius 3 is 1.15 bits per heavy atom. The fraction of sp³-hybridized carbons (Fsp3) is 0.359. The molecule has 2 aliphatic carbocycles. The molecule has 0 saturated heterocycles. The van der Waals surface area contributed by atoms with Gasteiger partial charge in [0.1, 0.15) is 0 Å². The Morgan fingerprint density at radius 1 is 0.333 bits per heavy atom. The average molecular weight is 1100 g/mol. The first-order valence-corrected chi connectivity index (χ1v) is 33.0. The van der Waals surface area contributed by atoms with Crippen molar-refractivity contribution in [3.05, 3.63) is 235 Å². The van der Waals surface area contributed by atoms with E-state index in [1.54, 1.807) is 0 Å². The SMILES string of the molecule is CCCCCCCCCCCCCCCCCCCCn1c2cc(C)ccc2c2ccc(-c3cc4c(s3)-c3cc5c(cc3C4(c3ccc(C)cc3)c3ccc(C)cc3)-c3sc(C)cc3C5(c3ccc(C)cc3)c3ccc(C)cc3)cc21. The van der Waals surface area contributed by atoms with E-state index in [0.717, 1.165) is 6.54 Å². The van der Waals surface area contributed by atoms with Gasteiger partial charge in [-0.15, -0.1) is 22.7 Å². The van der Waals surface area contributed by atoms with Gasteiger partial charge < -0.3 is 4.57 Å². The number of unbranched alkanes of at least 4 members (excludes halogenated alkanes) is 17. The van der Waals surface area contributed by atoms with Crippen molar-refractivity contribution < 1.29 is 0 Å². The predicted molar refractivity (Wildman–Crippen MR) is 352 cm³/mol. The van der Waals surface area contributed by atoms with E-state index >= 15 is 0 Å². The van der Waals surface area contributed by atoms with E-state index in [1.807, 2.05) is 22.7 Å². The fourth-order valence-electron chi connectivity index (χ4n) is 14.5. The lowest BCUT2D eigenvalue weighted by Crippen LogP contribution is -2.30.